The number of nitrogens with one attached hydrogen (secondary N) is 1. The van der Waals surface area contributed by atoms with Gasteiger partial charge in [0.05, 0.1) is 19.3 Å². The molecule has 0 bridgehead atoms. The summed E-state index contributed by atoms with van der Waals surface area (Å²) in [5, 5.41) is 12.7. The zero-order valence-electron chi connectivity index (χ0n) is 11.7. The van der Waals surface area contributed by atoms with Gasteiger partial charge in [-0.2, -0.15) is 15.0 Å². The van der Waals surface area contributed by atoms with E-state index in [-0.39, 0.29) is 17.4 Å². The van der Waals surface area contributed by atoms with Crippen LogP contribution < -0.4 is 10.2 Å². The Hall–Kier alpha value is -1.18. The highest BCUT2D eigenvalue weighted by Gasteiger charge is 2.17. The molecule has 20 heavy (non-hydrogen) atoms. The van der Waals surface area contributed by atoms with E-state index in [1.54, 1.807) is 6.92 Å². The number of morpholine rings is 1. The van der Waals surface area contributed by atoms with Crippen LogP contribution in [-0.4, -0.2) is 58.5 Å². The van der Waals surface area contributed by atoms with E-state index in [2.05, 4.69) is 20.3 Å². The smallest absolute Gasteiger partial charge is 0.231 e. The first-order chi connectivity index (χ1) is 9.54. The van der Waals surface area contributed by atoms with E-state index in [9.17, 15) is 5.11 Å². The van der Waals surface area contributed by atoms with E-state index in [1.807, 2.05) is 11.8 Å². The maximum atomic E-state index is 9.37. The summed E-state index contributed by atoms with van der Waals surface area (Å²) in [5.74, 6) is 0.986. The Bertz CT molecular complexity index is 440. The molecule has 0 amide bonds. The average Bonchev–Trinajstić information content (AvgIpc) is 2.38. The number of aliphatic hydroxyl groups is 1. The molecule has 1 fully saturated rings. The SMILES string of the molecule is CC(O)CC(C)Nc1nc(Cl)nc(N2CCOCC2)n1. The summed E-state index contributed by atoms with van der Waals surface area (Å²) in [6.45, 7) is 6.50. The molecule has 1 aliphatic rings. The lowest BCUT2D eigenvalue weighted by Gasteiger charge is -2.27. The van der Waals surface area contributed by atoms with Gasteiger partial charge in [-0.1, -0.05) is 0 Å². The van der Waals surface area contributed by atoms with Crippen LogP contribution in [0.2, 0.25) is 5.28 Å². The van der Waals surface area contributed by atoms with Crippen LogP contribution in [0.4, 0.5) is 11.9 Å². The molecule has 0 radical (unpaired) electrons. The number of hydrogen-bond acceptors (Lipinski definition) is 7. The second-order valence-corrected chi connectivity index (χ2v) is 5.30. The van der Waals surface area contributed by atoms with Crippen molar-refractivity contribution in [1.29, 1.82) is 0 Å². The fourth-order valence-corrected chi connectivity index (χ4v) is 2.26. The van der Waals surface area contributed by atoms with Gasteiger partial charge in [-0.05, 0) is 31.9 Å². The molecule has 1 aromatic heterocycles. The van der Waals surface area contributed by atoms with Crippen LogP contribution in [0.25, 0.3) is 0 Å². The van der Waals surface area contributed by atoms with Crippen molar-refractivity contribution in [1.82, 2.24) is 15.0 Å². The highest BCUT2D eigenvalue weighted by atomic mass is 35.5. The Kier molecular flexibility index (Phi) is 5.33. The standard InChI is InChI=1S/C12H20ClN5O2/c1-8(7-9(2)19)14-11-15-10(13)16-12(17-11)18-3-5-20-6-4-18/h8-9,19H,3-7H2,1-2H3,(H,14,15,16,17). The summed E-state index contributed by atoms with van der Waals surface area (Å²) in [6, 6.07) is 0.0472. The first-order valence-corrected chi connectivity index (χ1v) is 7.11. The fraction of sp³-hybridized carbons (Fsp3) is 0.750. The van der Waals surface area contributed by atoms with Gasteiger partial charge < -0.3 is 20.1 Å². The van der Waals surface area contributed by atoms with E-state index in [1.165, 1.54) is 0 Å². The molecule has 2 rings (SSSR count). The van der Waals surface area contributed by atoms with Crippen molar-refractivity contribution in [2.75, 3.05) is 36.5 Å². The van der Waals surface area contributed by atoms with Crippen LogP contribution in [0.5, 0.6) is 0 Å². The Balaban J connectivity index is 2.07. The number of aromatic nitrogens is 3. The quantitative estimate of drug-likeness (QED) is 0.837. The van der Waals surface area contributed by atoms with Gasteiger partial charge in [-0.3, -0.25) is 0 Å². The number of anilines is 2. The molecular formula is C12H20ClN5O2. The van der Waals surface area contributed by atoms with Crippen molar-refractivity contribution in [3.63, 3.8) is 0 Å². The van der Waals surface area contributed by atoms with Gasteiger partial charge >= 0.3 is 0 Å². The van der Waals surface area contributed by atoms with Crippen LogP contribution >= 0.6 is 11.6 Å². The largest absolute Gasteiger partial charge is 0.393 e. The monoisotopic (exact) mass is 301 g/mol. The molecule has 2 atom stereocenters. The van der Waals surface area contributed by atoms with Gasteiger partial charge in [0.2, 0.25) is 17.2 Å². The molecule has 0 aromatic carbocycles. The van der Waals surface area contributed by atoms with E-state index >= 15 is 0 Å². The molecule has 1 aromatic rings. The van der Waals surface area contributed by atoms with Crippen molar-refractivity contribution >= 4 is 23.5 Å². The molecule has 1 aliphatic heterocycles. The van der Waals surface area contributed by atoms with Crippen molar-refractivity contribution in [2.45, 2.75) is 32.4 Å². The Morgan fingerprint density at radius 1 is 1.30 bits per heavy atom. The lowest BCUT2D eigenvalue weighted by molar-refractivity contribution is 0.122. The first kappa shape index (κ1) is 15.2. The van der Waals surface area contributed by atoms with Crippen molar-refractivity contribution in [3.8, 4) is 0 Å². The molecule has 7 nitrogen and oxygen atoms in total. The predicted octanol–water partition coefficient (Wildman–Crippen LogP) is 0.933. The van der Waals surface area contributed by atoms with Crippen LogP contribution in [0, 0.1) is 0 Å². The normalized spacial score (nSPS) is 18.7. The van der Waals surface area contributed by atoms with E-state index in [0.717, 1.165) is 13.1 Å². The average molecular weight is 302 g/mol. The molecule has 0 aliphatic carbocycles. The van der Waals surface area contributed by atoms with Gasteiger partial charge in [0.15, 0.2) is 0 Å². The second-order valence-electron chi connectivity index (χ2n) is 4.96. The lowest BCUT2D eigenvalue weighted by atomic mass is 10.2. The third-order valence-corrected chi connectivity index (χ3v) is 3.13. The molecular weight excluding hydrogens is 282 g/mol. The molecule has 0 saturated carbocycles. The first-order valence-electron chi connectivity index (χ1n) is 6.73. The maximum absolute atomic E-state index is 9.37. The van der Waals surface area contributed by atoms with Crippen LogP contribution in [0.15, 0.2) is 0 Å². The molecule has 8 heteroatoms. The van der Waals surface area contributed by atoms with Crippen LogP contribution in [0.1, 0.15) is 20.3 Å². The third kappa shape index (κ3) is 4.43. The summed E-state index contributed by atoms with van der Waals surface area (Å²) in [4.78, 5) is 14.6. The number of hydrogen-bond donors (Lipinski definition) is 2. The number of rotatable bonds is 5. The minimum absolute atomic E-state index is 0.0472. The van der Waals surface area contributed by atoms with Gasteiger partial charge in [0.25, 0.3) is 0 Å². The van der Waals surface area contributed by atoms with Crippen molar-refractivity contribution in [3.05, 3.63) is 5.28 Å². The molecule has 2 unspecified atom stereocenters. The summed E-state index contributed by atoms with van der Waals surface area (Å²) in [7, 11) is 0. The zero-order valence-corrected chi connectivity index (χ0v) is 12.5. The molecule has 112 valence electrons. The van der Waals surface area contributed by atoms with E-state index in [4.69, 9.17) is 16.3 Å². The van der Waals surface area contributed by atoms with Gasteiger partial charge in [-0.25, -0.2) is 0 Å². The van der Waals surface area contributed by atoms with Crippen LogP contribution in [-0.2, 0) is 4.74 Å². The zero-order chi connectivity index (χ0) is 14.5. The Labute approximate surface area is 123 Å². The Morgan fingerprint density at radius 3 is 2.65 bits per heavy atom. The number of nitrogens with zero attached hydrogens (tertiary/aromatic N) is 4. The predicted molar refractivity (Wildman–Crippen MR) is 77.3 cm³/mol. The van der Waals surface area contributed by atoms with Gasteiger partial charge in [0, 0.05) is 19.1 Å². The van der Waals surface area contributed by atoms with Gasteiger partial charge in [-0.15, -0.1) is 0 Å². The summed E-state index contributed by atoms with van der Waals surface area (Å²) >= 11 is 5.95. The summed E-state index contributed by atoms with van der Waals surface area (Å²) in [6.07, 6.45) is 0.226. The topological polar surface area (TPSA) is 83.4 Å². The maximum Gasteiger partial charge on any atom is 0.231 e. The van der Waals surface area contributed by atoms with Gasteiger partial charge in [0.1, 0.15) is 0 Å². The fourth-order valence-electron chi connectivity index (χ4n) is 2.10. The second kappa shape index (κ2) is 7.01. The Morgan fingerprint density at radius 2 is 2.00 bits per heavy atom. The van der Waals surface area contributed by atoms with Crippen molar-refractivity contribution in [2.24, 2.45) is 0 Å². The van der Waals surface area contributed by atoms with E-state index < -0.39 is 0 Å². The van der Waals surface area contributed by atoms with Crippen molar-refractivity contribution < 1.29 is 9.84 Å². The molecule has 2 heterocycles. The highest BCUT2D eigenvalue weighted by molar-refractivity contribution is 6.28. The summed E-state index contributed by atoms with van der Waals surface area (Å²) < 4.78 is 5.30. The number of ether oxygens (including phenoxy) is 1. The third-order valence-electron chi connectivity index (χ3n) is 2.96. The molecule has 2 N–H and O–H groups in total. The number of aliphatic hydroxyl groups excluding tert-OH is 1. The highest BCUT2D eigenvalue weighted by Crippen LogP contribution is 2.16. The van der Waals surface area contributed by atoms with E-state index in [0.29, 0.717) is 31.5 Å². The lowest BCUT2D eigenvalue weighted by Crippen LogP contribution is -2.37. The summed E-state index contributed by atoms with van der Waals surface area (Å²) in [5.41, 5.74) is 0. The van der Waals surface area contributed by atoms with Crippen LogP contribution in [0.3, 0.4) is 0 Å². The molecule has 1 saturated heterocycles. The minimum atomic E-state index is -0.381. The number of halogens is 1. The molecule has 0 spiro atoms. The minimum Gasteiger partial charge on any atom is -0.393 e.